The van der Waals surface area contributed by atoms with Gasteiger partial charge in [0.1, 0.15) is 5.82 Å². The number of hydrogen-bond acceptors (Lipinski definition) is 4. The summed E-state index contributed by atoms with van der Waals surface area (Å²) in [5.74, 6) is -1.62. The van der Waals surface area contributed by atoms with Crippen molar-refractivity contribution in [3.8, 4) is 0 Å². The topological polar surface area (TPSA) is 64.7 Å². The van der Waals surface area contributed by atoms with Crippen molar-refractivity contribution in [2.45, 2.75) is 12.6 Å². The van der Waals surface area contributed by atoms with Crippen molar-refractivity contribution in [2.75, 3.05) is 39.8 Å². The van der Waals surface area contributed by atoms with Crippen LogP contribution in [0.4, 0.5) is 4.39 Å². The molecule has 1 aliphatic rings. The zero-order valence-electron chi connectivity index (χ0n) is 16.6. The number of piperazine rings is 1. The van der Waals surface area contributed by atoms with E-state index >= 15 is 0 Å². The average molecular weight is 398 g/mol. The summed E-state index contributed by atoms with van der Waals surface area (Å²) < 4.78 is 13.3. The van der Waals surface area contributed by atoms with Crippen molar-refractivity contribution in [1.29, 1.82) is 0 Å². The van der Waals surface area contributed by atoms with E-state index in [4.69, 9.17) is 0 Å². The molecule has 1 aliphatic heterocycles. The van der Waals surface area contributed by atoms with Gasteiger partial charge in [0.05, 0.1) is 6.04 Å². The predicted octanol–water partition coefficient (Wildman–Crippen LogP) is 1.55. The lowest BCUT2D eigenvalue weighted by Gasteiger charge is -2.38. The Morgan fingerprint density at radius 2 is 1.55 bits per heavy atom. The molecule has 2 aromatic rings. The number of benzene rings is 2. The first-order chi connectivity index (χ1) is 14.0. The summed E-state index contributed by atoms with van der Waals surface area (Å²) in [7, 11) is 2.07. The summed E-state index contributed by atoms with van der Waals surface area (Å²) >= 11 is 0. The van der Waals surface area contributed by atoms with E-state index in [2.05, 4.69) is 27.5 Å². The summed E-state index contributed by atoms with van der Waals surface area (Å²) in [5, 5.41) is 5.37. The Bertz CT molecular complexity index is 805. The van der Waals surface area contributed by atoms with Crippen molar-refractivity contribution in [3.05, 3.63) is 71.5 Å². The average Bonchev–Trinajstić information content (AvgIpc) is 2.75. The third-order valence-electron chi connectivity index (χ3n) is 5.19. The Balaban J connectivity index is 1.59. The first-order valence-corrected chi connectivity index (χ1v) is 9.81. The van der Waals surface area contributed by atoms with E-state index in [-0.39, 0.29) is 18.4 Å². The second-order valence-electron chi connectivity index (χ2n) is 7.28. The van der Waals surface area contributed by atoms with Gasteiger partial charge in [0.2, 0.25) is 0 Å². The molecule has 0 saturated carbocycles. The molecule has 0 radical (unpaired) electrons. The number of likely N-dealkylation sites (N-methyl/N-ethyl adjacent to an activating group) is 1. The van der Waals surface area contributed by atoms with Crippen LogP contribution in [0, 0.1) is 5.82 Å². The summed E-state index contributed by atoms with van der Waals surface area (Å²) in [4.78, 5) is 28.9. The van der Waals surface area contributed by atoms with Crippen LogP contribution in [0.25, 0.3) is 0 Å². The van der Waals surface area contributed by atoms with E-state index in [1.165, 1.54) is 12.1 Å². The van der Waals surface area contributed by atoms with Crippen LogP contribution < -0.4 is 10.6 Å². The van der Waals surface area contributed by atoms with Gasteiger partial charge >= 0.3 is 11.8 Å². The molecule has 2 aromatic carbocycles. The number of nitrogens with zero attached hydrogens (tertiary/aromatic N) is 2. The fourth-order valence-electron chi connectivity index (χ4n) is 3.40. The highest BCUT2D eigenvalue weighted by Crippen LogP contribution is 2.22. The van der Waals surface area contributed by atoms with Gasteiger partial charge in [-0.3, -0.25) is 14.5 Å². The first kappa shape index (κ1) is 21.0. The largest absolute Gasteiger partial charge is 0.346 e. The van der Waals surface area contributed by atoms with E-state index in [1.54, 1.807) is 12.1 Å². The van der Waals surface area contributed by atoms with Gasteiger partial charge in [-0.2, -0.15) is 0 Å². The van der Waals surface area contributed by atoms with E-state index in [1.807, 2.05) is 30.3 Å². The lowest BCUT2D eigenvalue weighted by molar-refractivity contribution is -0.139. The Labute approximate surface area is 170 Å². The predicted molar refractivity (Wildman–Crippen MR) is 110 cm³/mol. The molecule has 2 N–H and O–H groups in total. The number of rotatable bonds is 6. The second-order valence-corrected chi connectivity index (χ2v) is 7.28. The van der Waals surface area contributed by atoms with E-state index in [0.29, 0.717) is 6.54 Å². The molecule has 0 spiro atoms. The number of carbonyl (C=O) groups is 2. The molecule has 154 valence electrons. The summed E-state index contributed by atoms with van der Waals surface area (Å²) in [6.07, 6.45) is 0. The molecule has 0 aliphatic carbocycles. The Hall–Kier alpha value is -2.77. The maximum Gasteiger partial charge on any atom is 0.309 e. The monoisotopic (exact) mass is 398 g/mol. The van der Waals surface area contributed by atoms with Crippen LogP contribution in [0.2, 0.25) is 0 Å². The number of amides is 2. The molecule has 1 unspecified atom stereocenters. The van der Waals surface area contributed by atoms with Crippen LogP contribution in [0.1, 0.15) is 17.2 Å². The molecular formula is C22H27FN4O2. The SMILES string of the molecule is CN1CCN(C(CNC(=O)C(=O)NCc2ccccc2)c2ccc(F)cc2)CC1. The third kappa shape index (κ3) is 6.10. The van der Waals surface area contributed by atoms with Crippen molar-refractivity contribution in [2.24, 2.45) is 0 Å². The highest BCUT2D eigenvalue weighted by molar-refractivity contribution is 6.35. The van der Waals surface area contributed by atoms with Gasteiger partial charge in [-0.1, -0.05) is 42.5 Å². The van der Waals surface area contributed by atoms with Crippen molar-refractivity contribution in [1.82, 2.24) is 20.4 Å². The fraction of sp³-hybridized carbons (Fsp3) is 0.364. The van der Waals surface area contributed by atoms with Crippen molar-refractivity contribution in [3.63, 3.8) is 0 Å². The molecule has 1 fully saturated rings. The molecule has 29 heavy (non-hydrogen) atoms. The number of carbonyl (C=O) groups excluding carboxylic acids is 2. The molecule has 3 rings (SSSR count). The zero-order chi connectivity index (χ0) is 20.6. The highest BCUT2D eigenvalue weighted by Gasteiger charge is 2.25. The Kier molecular flexibility index (Phi) is 7.32. The Morgan fingerprint density at radius 3 is 2.21 bits per heavy atom. The van der Waals surface area contributed by atoms with E-state index in [9.17, 15) is 14.0 Å². The lowest BCUT2D eigenvalue weighted by Crippen LogP contribution is -2.49. The van der Waals surface area contributed by atoms with Gasteiger partial charge < -0.3 is 15.5 Å². The maximum atomic E-state index is 13.3. The van der Waals surface area contributed by atoms with Crippen LogP contribution in [0.5, 0.6) is 0 Å². The van der Waals surface area contributed by atoms with Crippen LogP contribution in [-0.4, -0.2) is 61.4 Å². The van der Waals surface area contributed by atoms with Gasteiger partial charge in [-0.15, -0.1) is 0 Å². The van der Waals surface area contributed by atoms with Crippen LogP contribution in [0.3, 0.4) is 0 Å². The molecule has 1 heterocycles. The van der Waals surface area contributed by atoms with Crippen LogP contribution in [0.15, 0.2) is 54.6 Å². The van der Waals surface area contributed by atoms with E-state index in [0.717, 1.165) is 37.3 Å². The second kappa shape index (κ2) is 10.1. The van der Waals surface area contributed by atoms with Gasteiger partial charge in [0.15, 0.2) is 0 Å². The molecule has 0 bridgehead atoms. The quantitative estimate of drug-likeness (QED) is 0.725. The molecule has 1 saturated heterocycles. The molecule has 7 heteroatoms. The molecule has 2 amide bonds. The minimum absolute atomic E-state index is 0.116. The summed E-state index contributed by atoms with van der Waals surface area (Å²) in [6.45, 7) is 4.11. The molecule has 1 atom stereocenters. The molecule has 6 nitrogen and oxygen atoms in total. The van der Waals surface area contributed by atoms with Crippen LogP contribution >= 0.6 is 0 Å². The normalized spacial score (nSPS) is 16.2. The maximum absolute atomic E-state index is 13.3. The zero-order valence-corrected chi connectivity index (χ0v) is 16.6. The van der Waals surface area contributed by atoms with Gasteiger partial charge in [-0.25, -0.2) is 4.39 Å². The fourth-order valence-corrected chi connectivity index (χ4v) is 3.40. The first-order valence-electron chi connectivity index (χ1n) is 9.81. The number of nitrogens with one attached hydrogen (secondary N) is 2. The highest BCUT2D eigenvalue weighted by atomic mass is 19.1. The standard InChI is InChI=1S/C22H27FN4O2/c1-26-11-13-27(14-12-26)20(18-7-9-19(23)10-8-18)16-25-22(29)21(28)24-15-17-5-3-2-4-6-17/h2-10,20H,11-16H2,1H3,(H,24,28)(H,25,29). The summed E-state index contributed by atoms with van der Waals surface area (Å²) in [5.41, 5.74) is 1.84. The minimum Gasteiger partial charge on any atom is -0.346 e. The van der Waals surface area contributed by atoms with Crippen molar-refractivity contribution < 1.29 is 14.0 Å². The lowest BCUT2D eigenvalue weighted by atomic mass is 10.0. The van der Waals surface area contributed by atoms with Gasteiger partial charge in [-0.05, 0) is 30.3 Å². The van der Waals surface area contributed by atoms with Gasteiger partial charge in [0.25, 0.3) is 0 Å². The van der Waals surface area contributed by atoms with Crippen molar-refractivity contribution >= 4 is 11.8 Å². The van der Waals surface area contributed by atoms with E-state index < -0.39 is 11.8 Å². The van der Waals surface area contributed by atoms with Gasteiger partial charge in [0, 0.05) is 39.3 Å². The minimum atomic E-state index is -0.665. The molecular weight excluding hydrogens is 371 g/mol. The Morgan fingerprint density at radius 1 is 0.931 bits per heavy atom. The number of halogens is 1. The molecule has 0 aromatic heterocycles. The number of hydrogen-bond donors (Lipinski definition) is 2. The van der Waals surface area contributed by atoms with Crippen LogP contribution in [-0.2, 0) is 16.1 Å². The summed E-state index contributed by atoms with van der Waals surface area (Å²) in [6, 6.07) is 15.6. The smallest absolute Gasteiger partial charge is 0.309 e. The third-order valence-corrected chi connectivity index (χ3v) is 5.19.